The van der Waals surface area contributed by atoms with E-state index in [1.165, 1.54) is 6.92 Å². The highest BCUT2D eigenvalue weighted by Gasteiger charge is 2.62. The van der Waals surface area contributed by atoms with Crippen LogP contribution in [0.5, 0.6) is 0 Å². The molecule has 3 fully saturated rings. The fourth-order valence-corrected chi connectivity index (χ4v) is 5.06. The summed E-state index contributed by atoms with van der Waals surface area (Å²) in [7, 11) is 0. The van der Waals surface area contributed by atoms with E-state index < -0.39 is 111 Å². The molecule has 41 heavy (non-hydrogen) atoms. The highest BCUT2D eigenvalue weighted by molar-refractivity contribution is 7.99. The number of nitrogens with two attached hydrogens (primary N) is 1. The number of nitrogens with one attached hydrogen (secondary N) is 1. The number of hydrogen-bond donors (Lipinski definition) is 11. The highest BCUT2D eigenvalue weighted by Crippen LogP contribution is 2.39. The van der Waals surface area contributed by atoms with E-state index in [1.807, 2.05) is 0 Å². The third-order valence-electron chi connectivity index (χ3n) is 7.00. The normalized spacial score (nSPS) is 47.2. The Bertz CT molecular complexity index is 847. The van der Waals surface area contributed by atoms with E-state index in [9.17, 15) is 50.8 Å². The minimum Gasteiger partial charge on any atom is -0.394 e. The third kappa shape index (κ3) is 7.46. The molecule has 3 aliphatic rings. The molecule has 0 spiro atoms. The van der Waals surface area contributed by atoms with Crippen molar-refractivity contribution >= 4 is 17.7 Å². The molecule has 3 aliphatic heterocycles. The Morgan fingerprint density at radius 1 is 0.902 bits per heavy atom. The molecule has 0 radical (unpaired) electrons. The Balaban J connectivity index is 2.04. The van der Waals surface area contributed by atoms with E-state index in [1.54, 1.807) is 0 Å². The van der Waals surface area contributed by atoms with Crippen LogP contribution in [0.4, 0.5) is 0 Å². The molecule has 0 aromatic heterocycles. The van der Waals surface area contributed by atoms with E-state index in [0.717, 1.165) is 18.7 Å². The maximum absolute atomic E-state index is 12.2. The van der Waals surface area contributed by atoms with Crippen LogP contribution in [0.2, 0.25) is 0 Å². The van der Waals surface area contributed by atoms with E-state index in [-0.39, 0.29) is 11.8 Å². The molecule has 0 bridgehead atoms. The fourth-order valence-electron chi connectivity index (χ4n) is 4.73. The average Bonchev–Trinajstić information content (AvgIpc) is 2.93. The Hall–Kier alpha value is -0.820. The summed E-state index contributed by atoms with van der Waals surface area (Å²) in [4.78, 5) is 12.2. The number of hydrogen-bond acceptors (Lipinski definition) is 18. The van der Waals surface area contributed by atoms with Crippen molar-refractivity contribution in [3.05, 3.63) is 0 Å². The second-order valence-corrected chi connectivity index (χ2v) is 10.8. The van der Waals surface area contributed by atoms with Gasteiger partial charge in [-0.25, -0.2) is 0 Å². The van der Waals surface area contributed by atoms with Crippen LogP contribution in [0.3, 0.4) is 0 Å². The van der Waals surface area contributed by atoms with Crippen molar-refractivity contribution in [1.29, 1.82) is 0 Å². The molecule has 0 aliphatic carbocycles. The van der Waals surface area contributed by atoms with Gasteiger partial charge in [0.05, 0.1) is 25.3 Å². The van der Waals surface area contributed by atoms with E-state index in [2.05, 4.69) is 5.32 Å². The van der Waals surface area contributed by atoms with Crippen LogP contribution in [-0.4, -0.2) is 169 Å². The van der Waals surface area contributed by atoms with Crippen molar-refractivity contribution in [1.82, 2.24) is 5.32 Å². The molecule has 1 amide bonds. The summed E-state index contributed by atoms with van der Waals surface area (Å²) in [5.41, 5.74) is 5.49. The number of aliphatic hydroxyl groups is 9. The van der Waals surface area contributed by atoms with Gasteiger partial charge < -0.3 is 85.4 Å². The lowest BCUT2D eigenvalue weighted by Gasteiger charge is -2.53. The number of aliphatic hydroxyl groups excluding tert-OH is 8. The summed E-state index contributed by atoms with van der Waals surface area (Å²) in [6, 6.07) is -1.50. The maximum atomic E-state index is 12.2. The van der Waals surface area contributed by atoms with Crippen LogP contribution >= 0.6 is 11.8 Å². The maximum Gasteiger partial charge on any atom is 0.226 e. The minimum atomic E-state index is -2.91. The van der Waals surface area contributed by atoms with Gasteiger partial charge in [-0.2, -0.15) is 0 Å². The van der Waals surface area contributed by atoms with E-state index >= 15 is 0 Å². The first-order chi connectivity index (χ1) is 19.3. The molecule has 15 atom stereocenters. The largest absolute Gasteiger partial charge is 0.394 e. The van der Waals surface area contributed by atoms with Gasteiger partial charge in [-0.15, -0.1) is 11.8 Å². The van der Waals surface area contributed by atoms with Crippen LogP contribution in [0, 0.1) is 0 Å². The number of carbonyl (C=O) groups is 1. The first-order valence-corrected chi connectivity index (χ1v) is 13.9. The van der Waals surface area contributed by atoms with Crippen LogP contribution in [0.15, 0.2) is 0 Å². The van der Waals surface area contributed by atoms with Crippen molar-refractivity contribution in [3.63, 3.8) is 0 Å². The van der Waals surface area contributed by atoms with E-state index in [0.29, 0.717) is 0 Å². The fraction of sp³-hybridized carbons (Fsp3) is 0.955. The lowest BCUT2D eigenvalue weighted by atomic mass is 9.91. The van der Waals surface area contributed by atoms with Gasteiger partial charge in [0.1, 0.15) is 61.0 Å². The Morgan fingerprint density at radius 3 is 2.12 bits per heavy atom. The van der Waals surface area contributed by atoms with Gasteiger partial charge in [-0.1, -0.05) is 0 Å². The van der Waals surface area contributed by atoms with Crippen LogP contribution in [-0.2, 0) is 33.2 Å². The molecule has 3 heterocycles. The lowest BCUT2D eigenvalue weighted by molar-refractivity contribution is -0.447. The number of ether oxygens (including phenoxy) is 6. The highest BCUT2D eigenvalue weighted by atomic mass is 32.2. The van der Waals surface area contributed by atoms with Gasteiger partial charge in [-0.05, 0) is 6.92 Å². The van der Waals surface area contributed by atoms with Crippen molar-refractivity contribution in [2.24, 2.45) is 5.73 Å². The van der Waals surface area contributed by atoms with Crippen molar-refractivity contribution in [3.8, 4) is 0 Å². The van der Waals surface area contributed by atoms with E-state index in [4.69, 9.17) is 34.2 Å². The second kappa shape index (κ2) is 14.8. The zero-order valence-electron chi connectivity index (χ0n) is 22.3. The molecule has 18 nitrogen and oxygen atoms in total. The van der Waals surface area contributed by atoms with Gasteiger partial charge in [0.2, 0.25) is 11.7 Å². The molecule has 0 aromatic carbocycles. The Morgan fingerprint density at radius 2 is 1.54 bits per heavy atom. The van der Waals surface area contributed by atoms with Crippen molar-refractivity contribution in [2.75, 3.05) is 25.0 Å². The summed E-state index contributed by atoms with van der Waals surface area (Å²) >= 11 is 1.11. The summed E-state index contributed by atoms with van der Waals surface area (Å²) in [5.74, 6) is -3.54. The van der Waals surface area contributed by atoms with Gasteiger partial charge in [-0.3, -0.25) is 4.79 Å². The molecule has 3 saturated heterocycles. The number of rotatable bonds is 11. The molecule has 3 rings (SSSR count). The predicted molar refractivity (Wildman–Crippen MR) is 133 cm³/mol. The average molecular weight is 621 g/mol. The molecule has 12 N–H and O–H groups in total. The first kappa shape index (κ1) is 34.7. The summed E-state index contributed by atoms with van der Waals surface area (Å²) in [6.45, 7) is 0.671. The van der Waals surface area contributed by atoms with Crippen LogP contribution < -0.4 is 11.1 Å². The molecule has 15 unspecified atom stereocenters. The summed E-state index contributed by atoms with van der Waals surface area (Å²) < 4.78 is 33.7. The molecule has 240 valence electrons. The summed E-state index contributed by atoms with van der Waals surface area (Å²) in [5, 5.41) is 96.0. The van der Waals surface area contributed by atoms with Crippen molar-refractivity contribution < 1.29 is 79.2 Å². The Labute approximate surface area is 238 Å². The standard InChI is InChI=1S/C22H40N2O16S/c1-7-12(28)14(30)16(32)20(36-7)39-18-11(24-8(2)27)19(35-6-41-5-23)38-10(4-26)22(18,34)40-21-17(33)15(31)13(29)9(3-25)37-21/h7,9-21,25-26,28-34H,3-6,23H2,1-2H3,(H,24,27). The lowest BCUT2D eigenvalue weighted by Crippen LogP contribution is -2.75. The third-order valence-corrected chi connectivity index (χ3v) is 7.54. The number of thioether (sulfide) groups is 1. The van der Waals surface area contributed by atoms with Gasteiger partial charge >= 0.3 is 0 Å². The zero-order chi connectivity index (χ0) is 30.6. The molecule has 19 heteroatoms. The smallest absolute Gasteiger partial charge is 0.226 e. The van der Waals surface area contributed by atoms with Gasteiger partial charge in [0.15, 0.2) is 18.9 Å². The monoisotopic (exact) mass is 620 g/mol. The second-order valence-electron chi connectivity index (χ2n) is 9.86. The Kier molecular flexibility index (Phi) is 12.5. The molecular weight excluding hydrogens is 580 g/mol. The van der Waals surface area contributed by atoms with Gasteiger partial charge in [0.25, 0.3) is 0 Å². The zero-order valence-corrected chi connectivity index (χ0v) is 23.1. The topological polar surface area (TPSA) is 293 Å². The number of amides is 1. The summed E-state index contributed by atoms with van der Waals surface area (Å²) in [6.07, 6.45) is -22.3. The van der Waals surface area contributed by atoms with Gasteiger partial charge in [0, 0.05) is 12.8 Å². The molecule has 0 aromatic rings. The molecular formula is C22H40N2O16S. The molecule has 0 saturated carbocycles. The quantitative estimate of drug-likeness (QED) is 0.0756. The number of carbonyl (C=O) groups excluding carboxylic acids is 1. The minimum absolute atomic E-state index is 0.0847. The van der Waals surface area contributed by atoms with Crippen LogP contribution in [0.1, 0.15) is 13.8 Å². The first-order valence-electron chi connectivity index (χ1n) is 12.8. The van der Waals surface area contributed by atoms with Crippen LogP contribution in [0.25, 0.3) is 0 Å². The van der Waals surface area contributed by atoms with Crippen molar-refractivity contribution in [2.45, 2.75) is 106 Å². The predicted octanol–water partition coefficient (Wildman–Crippen LogP) is -6.45. The SMILES string of the molecule is CC(=O)NC1C(OCSCN)OC(CO)C(O)(OC2OC(CO)C(O)C(O)C2O)C1OC1OC(C)C(O)C(O)C1O.